The Morgan fingerprint density at radius 1 is 1.27 bits per heavy atom. The molecule has 1 atom stereocenters. The Bertz CT molecular complexity index is 614. The summed E-state index contributed by atoms with van der Waals surface area (Å²) in [6.07, 6.45) is 2.80. The number of nitrogens with zero attached hydrogens (tertiary/aromatic N) is 1. The molecule has 2 aliphatic rings. The van der Waals surface area contributed by atoms with E-state index in [1.807, 2.05) is 0 Å². The highest BCUT2D eigenvalue weighted by Crippen LogP contribution is 2.34. The van der Waals surface area contributed by atoms with Crippen LogP contribution in [0.5, 0.6) is 0 Å². The molecule has 0 aromatic heterocycles. The quantitative estimate of drug-likeness (QED) is 0.391. The van der Waals surface area contributed by atoms with Gasteiger partial charge in [-0.3, -0.25) is 24.1 Å². The minimum absolute atomic E-state index is 0.353. The molecule has 1 aliphatic heterocycles. The van der Waals surface area contributed by atoms with Gasteiger partial charge in [0.05, 0.1) is 0 Å². The zero-order valence-electron chi connectivity index (χ0n) is 14.9. The summed E-state index contributed by atoms with van der Waals surface area (Å²) in [5.41, 5.74) is -0.892. The minimum Gasteiger partial charge on any atom is -0.454 e. The van der Waals surface area contributed by atoms with Gasteiger partial charge < -0.3 is 20.7 Å². The van der Waals surface area contributed by atoms with Crippen LogP contribution in [-0.4, -0.2) is 65.9 Å². The Balaban J connectivity index is 1.78. The molecule has 10 heteroatoms. The Labute approximate surface area is 151 Å². The van der Waals surface area contributed by atoms with Gasteiger partial charge in [-0.05, 0) is 26.7 Å². The second-order valence-electron chi connectivity index (χ2n) is 6.46. The number of esters is 1. The van der Waals surface area contributed by atoms with Crippen LogP contribution in [0, 0.1) is 0 Å². The van der Waals surface area contributed by atoms with Crippen molar-refractivity contribution in [3.8, 4) is 0 Å². The molecular formula is C16H24N4O6. The van der Waals surface area contributed by atoms with Gasteiger partial charge in [0.2, 0.25) is 5.91 Å². The molecule has 144 valence electrons. The fourth-order valence-electron chi connectivity index (χ4n) is 3.13. The number of likely N-dealkylation sites (N-methyl/N-ethyl adjacent to an activating group) is 1. The molecule has 0 radical (unpaired) electrons. The summed E-state index contributed by atoms with van der Waals surface area (Å²) in [5.74, 6) is -2.30. The molecule has 1 saturated heterocycles. The number of carbonyl (C=O) groups excluding carboxylic acids is 5. The third-order valence-electron chi connectivity index (χ3n) is 4.48. The van der Waals surface area contributed by atoms with Crippen LogP contribution in [0.2, 0.25) is 0 Å². The summed E-state index contributed by atoms with van der Waals surface area (Å²) < 4.78 is 4.80. The standard InChI is InChI=1S/C16H24N4O6/c1-3-17-13(23)10(2)18-11(21)9-26-12(22)8-20-14(24)16(19-15(20)25)6-4-5-7-16/h10H,3-9H2,1-2H3,(H,17,23)(H,18,21)(H,19,25)/t10-/m0/s1. The summed E-state index contributed by atoms with van der Waals surface area (Å²) in [4.78, 5) is 60.3. The van der Waals surface area contributed by atoms with Crippen LogP contribution in [0.4, 0.5) is 4.79 Å². The van der Waals surface area contributed by atoms with Crippen molar-refractivity contribution in [2.24, 2.45) is 0 Å². The number of imide groups is 1. The van der Waals surface area contributed by atoms with Gasteiger partial charge in [-0.2, -0.15) is 0 Å². The van der Waals surface area contributed by atoms with Gasteiger partial charge in [0.25, 0.3) is 11.8 Å². The van der Waals surface area contributed by atoms with Crippen LogP contribution >= 0.6 is 0 Å². The van der Waals surface area contributed by atoms with Crippen LogP contribution in [0.3, 0.4) is 0 Å². The number of hydrogen-bond donors (Lipinski definition) is 3. The smallest absolute Gasteiger partial charge is 0.326 e. The molecule has 10 nitrogen and oxygen atoms in total. The topological polar surface area (TPSA) is 134 Å². The molecule has 3 N–H and O–H groups in total. The van der Waals surface area contributed by atoms with Gasteiger partial charge in [-0.25, -0.2) is 4.79 Å². The van der Waals surface area contributed by atoms with E-state index >= 15 is 0 Å². The maximum Gasteiger partial charge on any atom is 0.326 e. The highest BCUT2D eigenvalue weighted by Gasteiger charge is 2.52. The van der Waals surface area contributed by atoms with E-state index in [1.54, 1.807) is 6.92 Å². The highest BCUT2D eigenvalue weighted by atomic mass is 16.5. The average Bonchev–Trinajstić information content (AvgIpc) is 3.14. The van der Waals surface area contributed by atoms with Gasteiger partial charge >= 0.3 is 12.0 Å². The average molecular weight is 368 g/mol. The first-order valence-electron chi connectivity index (χ1n) is 8.66. The lowest BCUT2D eigenvalue weighted by molar-refractivity contribution is -0.151. The van der Waals surface area contributed by atoms with E-state index in [9.17, 15) is 24.0 Å². The van der Waals surface area contributed by atoms with Crippen LogP contribution in [0.25, 0.3) is 0 Å². The fourth-order valence-corrected chi connectivity index (χ4v) is 3.13. The third kappa shape index (κ3) is 4.30. The van der Waals surface area contributed by atoms with Crippen molar-refractivity contribution in [1.29, 1.82) is 0 Å². The second-order valence-corrected chi connectivity index (χ2v) is 6.46. The molecule has 1 spiro atoms. The summed E-state index contributed by atoms with van der Waals surface area (Å²) in [6, 6.07) is -1.39. The van der Waals surface area contributed by atoms with E-state index in [-0.39, 0.29) is 5.91 Å². The number of ether oxygens (including phenoxy) is 1. The number of amides is 5. The van der Waals surface area contributed by atoms with Crippen molar-refractivity contribution in [2.45, 2.75) is 51.1 Å². The molecule has 1 saturated carbocycles. The molecule has 1 aliphatic carbocycles. The number of hydrogen-bond acceptors (Lipinski definition) is 6. The first-order chi connectivity index (χ1) is 12.3. The lowest BCUT2D eigenvalue weighted by Crippen LogP contribution is -2.46. The van der Waals surface area contributed by atoms with E-state index in [2.05, 4.69) is 16.0 Å². The van der Waals surface area contributed by atoms with Crippen molar-refractivity contribution in [1.82, 2.24) is 20.9 Å². The van der Waals surface area contributed by atoms with Crippen molar-refractivity contribution < 1.29 is 28.7 Å². The lowest BCUT2D eigenvalue weighted by atomic mass is 9.98. The normalized spacial score (nSPS) is 19.2. The largest absolute Gasteiger partial charge is 0.454 e. The Morgan fingerprint density at radius 3 is 2.54 bits per heavy atom. The molecule has 0 aromatic carbocycles. The summed E-state index contributed by atoms with van der Waals surface area (Å²) in [6.45, 7) is 2.53. The van der Waals surface area contributed by atoms with E-state index in [0.29, 0.717) is 19.4 Å². The van der Waals surface area contributed by atoms with E-state index in [4.69, 9.17) is 4.74 Å². The Kier molecular flexibility index (Phi) is 6.17. The van der Waals surface area contributed by atoms with Crippen molar-refractivity contribution in [3.63, 3.8) is 0 Å². The predicted molar refractivity (Wildman–Crippen MR) is 88.7 cm³/mol. The van der Waals surface area contributed by atoms with Crippen LogP contribution in [0.15, 0.2) is 0 Å². The van der Waals surface area contributed by atoms with E-state index < -0.39 is 48.5 Å². The SMILES string of the molecule is CCNC(=O)[C@H](C)NC(=O)COC(=O)CN1C(=O)NC2(CCCC2)C1=O. The number of nitrogens with one attached hydrogen (secondary N) is 3. The number of carbonyl (C=O) groups is 5. The predicted octanol–water partition coefficient (Wildman–Crippen LogP) is -0.965. The number of urea groups is 1. The van der Waals surface area contributed by atoms with Crippen molar-refractivity contribution >= 4 is 29.7 Å². The summed E-state index contributed by atoms with van der Waals surface area (Å²) in [5, 5.41) is 7.59. The second kappa shape index (κ2) is 8.15. The molecule has 0 aromatic rings. The zero-order valence-corrected chi connectivity index (χ0v) is 14.9. The Morgan fingerprint density at radius 2 is 1.92 bits per heavy atom. The van der Waals surface area contributed by atoms with Gasteiger partial charge in [-0.1, -0.05) is 12.8 Å². The molecule has 2 rings (SSSR count). The lowest BCUT2D eigenvalue weighted by Gasteiger charge is -2.19. The van der Waals surface area contributed by atoms with Crippen molar-refractivity contribution in [3.05, 3.63) is 0 Å². The molecular weight excluding hydrogens is 344 g/mol. The first-order valence-corrected chi connectivity index (χ1v) is 8.66. The maximum absolute atomic E-state index is 12.4. The van der Waals surface area contributed by atoms with Crippen LogP contribution in [0.1, 0.15) is 39.5 Å². The molecule has 2 fully saturated rings. The minimum atomic E-state index is -0.892. The monoisotopic (exact) mass is 368 g/mol. The van der Waals surface area contributed by atoms with Gasteiger partial charge in [0.15, 0.2) is 6.61 Å². The highest BCUT2D eigenvalue weighted by molar-refractivity contribution is 6.08. The van der Waals surface area contributed by atoms with Gasteiger partial charge in [0, 0.05) is 6.54 Å². The Hall–Kier alpha value is -2.65. The van der Waals surface area contributed by atoms with E-state index in [0.717, 1.165) is 17.7 Å². The zero-order chi connectivity index (χ0) is 19.3. The molecule has 26 heavy (non-hydrogen) atoms. The van der Waals surface area contributed by atoms with Crippen LogP contribution < -0.4 is 16.0 Å². The van der Waals surface area contributed by atoms with Crippen LogP contribution in [-0.2, 0) is 23.9 Å². The molecule has 1 heterocycles. The maximum atomic E-state index is 12.4. The third-order valence-corrected chi connectivity index (χ3v) is 4.48. The van der Waals surface area contributed by atoms with Crippen molar-refractivity contribution in [2.75, 3.05) is 19.7 Å². The number of rotatable bonds is 7. The first kappa shape index (κ1) is 19.7. The summed E-state index contributed by atoms with van der Waals surface area (Å²) >= 11 is 0. The van der Waals surface area contributed by atoms with Gasteiger partial charge in [0.1, 0.15) is 18.1 Å². The molecule has 0 unspecified atom stereocenters. The molecule has 0 bridgehead atoms. The fraction of sp³-hybridized carbons (Fsp3) is 0.688. The van der Waals surface area contributed by atoms with E-state index in [1.165, 1.54) is 6.92 Å². The summed E-state index contributed by atoms with van der Waals surface area (Å²) in [7, 11) is 0. The molecule has 5 amide bonds. The van der Waals surface area contributed by atoms with Gasteiger partial charge in [-0.15, -0.1) is 0 Å².